The molecule has 1 aromatic carbocycles. The van der Waals surface area contributed by atoms with E-state index in [-0.39, 0.29) is 5.92 Å². The molecule has 0 saturated carbocycles. The summed E-state index contributed by atoms with van der Waals surface area (Å²) < 4.78 is 1.74. The van der Waals surface area contributed by atoms with Crippen molar-refractivity contribution in [2.75, 3.05) is 0 Å². The molecule has 6 nitrogen and oxygen atoms in total. The van der Waals surface area contributed by atoms with E-state index in [4.69, 9.17) is 0 Å². The van der Waals surface area contributed by atoms with E-state index >= 15 is 0 Å². The Morgan fingerprint density at radius 1 is 1.25 bits per heavy atom. The Morgan fingerprint density at radius 3 is 2.50 bits per heavy atom. The Hall–Kier alpha value is -2.63. The van der Waals surface area contributed by atoms with Crippen LogP contribution in [0.1, 0.15) is 41.9 Å². The molecule has 0 radical (unpaired) electrons. The molecule has 128 valence electrons. The van der Waals surface area contributed by atoms with E-state index in [0.29, 0.717) is 24.2 Å². The zero-order valence-electron chi connectivity index (χ0n) is 14.2. The van der Waals surface area contributed by atoms with E-state index in [2.05, 4.69) is 10.4 Å². The molecule has 1 amide bonds. The van der Waals surface area contributed by atoms with Crippen LogP contribution in [0.25, 0.3) is 0 Å². The Labute approximate surface area is 141 Å². The second kappa shape index (κ2) is 7.77. The first kappa shape index (κ1) is 17.7. The van der Waals surface area contributed by atoms with Gasteiger partial charge in [-0.05, 0) is 24.8 Å². The predicted octanol–water partition coefficient (Wildman–Crippen LogP) is 2.47. The average molecular weight is 329 g/mol. The topological polar surface area (TPSA) is 84.2 Å². The summed E-state index contributed by atoms with van der Waals surface area (Å²) in [7, 11) is 0. The molecule has 2 aromatic rings. The largest absolute Gasteiger partial charge is 0.480 e. The van der Waals surface area contributed by atoms with Crippen molar-refractivity contribution >= 4 is 11.9 Å². The van der Waals surface area contributed by atoms with Gasteiger partial charge in [0.1, 0.15) is 6.04 Å². The third-order valence-corrected chi connectivity index (χ3v) is 3.83. The highest BCUT2D eigenvalue weighted by Gasteiger charge is 2.23. The number of carbonyl (C=O) groups is 2. The van der Waals surface area contributed by atoms with Gasteiger partial charge in [0.05, 0.1) is 18.3 Å². The molecular weight excluding hydrogens is 306 g/mol. The maximum absolute atomic E-state index is 12.4. The predicted molar refractivity (Wildman–Crippen MR) is 90.9 cm³/mol. The minimum Gasteiger partial charge on any atom is -0.480 e. The number of nitrogens with zero attached hydrogens (tertiary/aromatic N) is 2. The van der Waals surface area contributed by atoms with E-state index in [0.717, 1.165) is 5.56 Å². The van der Waals surface area contributed by atoms with Gasteiger partial charge in [-0.15, -0.1) is 0 Å². The molecule has 0 aliphatic carbocycles. The molecule has 1 atom stereocenters. The first-order valence-corrected chi connectivity index (χ1v) is 7.98. The van der Waals surface area contributed by atoms with Gasteiger partial charge in [-0.1, -0.05) is 44.2 Å². The molecule has 0 aliphatic heterocycles. The molecule has 0 aliphatic rings. The van der Waals surface area contributed by atoms with Crippen molar-refractivity contribution in [2.45, 2.75) is 39.8 Å². The molecule has 1 aromatic heterocycles. The molecule has 2 N–H and O–H groups in total. The van der Waals surface area contributed by atoms with Crippen LogP contribution in [-0.2, 0) is 11.3 Å². The van der Waals surface area contributed by atoms with Crippen LogP contribution in [0.2, 0.25) is 0 Å². The third-order valence-electron chi connectivity index (χ3n) is 3.83. The summed E-state index contributed by atoms with van der Waals surface area (Å²) in [6.07, 6.45) is 1.88. The summed E-state index contributed by atoms with van der Waals surface area (Å²) in [5, 5.41) is 16.1. The minimum absolute atomic E-state index is 0.174. The van der Waals surface area contributed by atoms with Gasteiger partial charge in [0.15, 0.2) is 0 Å². The fourth-order valence-corrected chi connectivity index (χ4v) is 2.51. The Morgan fingerprint density at radius 2 is 1.92 bits per heavy atom. The fourth-order valence-electron chi connectivity index (χ4n) is 2.51. The van der Waals surface area contributed by atoms with Gasteiger partial charge < -0.3 is 10.4 Å². The molecule has 24 heavy (non-hydrogen) atoms. The first-order chi connectivity index (χ1) is 11.4. The number of carboxylic acids is 1. The highest BCUT2D eigenvalue weighted by atomic mass is 16.4. The fraction of sp³-hybridized carbons (Fsp3) is 0.389. The van der Waals surface area contributed by atoms with Gasteiger partial charge >= 0.3 is 5.97 Å². The van der Waals surface area contributed by atoms with Gasteiger partial charge in [0.2, 0.25) is 0 Å². The van der Waals surface area contributed by atoms with Crippen molar-refractivity contribution in [1.29, 1.82) is 0 Å². The van der Waals surface area contributed by atoms with Crippen molar-refractivity contribution in [2.24, 2.45) is 5.92 Å². The number of carbonyl (C=O) groups excluding carboxylic acids is 1. The van der Waals surface area contributed by atoms with Crippen molar-refractivity contribution in [3.05, 3.63) is 53.3 Å². The summed E-state index contributed by atoms with van der Waals surface area (Å²) in [5.41, 5.74) is 2.20. The molecule has 0 fully saturated rings. The first-order valence-electron chi connectivity index (χ1n) is 7.98. The van der Waals surface area contributed by atoms with Crippen LogP contribution < -0.4 is 5.32 Å². The summed E-state index contributed by atoms with van der Waals surface area (Å²) in [5.74, 6) is -1.25. The molecule has 6 heteroatoms. The van der Waals surface area contributed by atoms with Crippen molar-refractivity contribution in [3.63, 3.8) is 0 Å². The van der Waals surface area contributed by atoms with Gasteiger partial charge in [-0.2, -0.15) is 5.10 Å². The van der Waals surface area contributed by atoms with Gasteiger partial charge in [0.25, 0.3) is 5.91 Å². The Balaban J connectivity index is 2.11. The van der Waals surface area contributed by atoms with Crippen LogP contribution in [0.15, 0.2) is 36.5 Å². The number of rotatable bonds is 7. The lowest BCUT2D eigenvalue weighted by Gasteiger charge is -2.16. The van der Waals surface area contributed by atoms with Crippen LogP contribution in [0.4, 0.5) is 0 Å². The maximum Gasteiger partial charge on any atom is 0.326 e. The van der Waals surface area contributed by atoms with Crippen LogP contribution in [-0.4, -0.2) is 32.8 Å². The lowest BCUT2D eigenvalue weighted by Crippen LogP contribution is -2.41. The molecule has 2 rings (SSSR count). The highest BCUT2D eigenvalue weighted by molar-refractivity contribution is 5.97. The maximum atomic E-state index is 12.4. The lowest BCUT2D eigenvalue weighted by molar-refractivity contribution is -0.139. The average Bonchev–Trinajstić information content (AvgIpc) is 2.88. The number of amides is 1. The second-order valence-electron chi connectivity index (χ2n) is 6.28. The number of hydrogen-bond acceptors (Lipinski definition) is 3. The lowest BCUT2D eigenvalue weighted by atomic mass is 10.0. The van der Waals surface area contributed by atoms with Crippen molar-refractivity contribution < 1.29 is 14.7 Å². The quantitative estimate of drug-likeness (QED) is 0.817. The molecular formula is C18H23N3O3. The standard InChI is InChI=1S/C18H23N3O3/c1-12(2)9-16(18(23)24)20-17(22)15-10-19-21(13(15)3)11-14-7-5-4-6-8-14/h4-8,10,12,16H,9,11H2,1-3H3,(H,20,22)(H,23,24). The molecule has 1 heterocycles. The van der Waals surface area contributed by atoms with Crippen LogP contribution in [0, 0.1) is 12.8 Å². The number of hydrogen-bond donors (Lipinski definition) is 2. The van der Waals surface area contributed by atoms with Gasteiger partial charge in [-0.3, -0.25) is 9.48 Å². The highest BCUT2D eigenvalue weighted by Crippen LogP contribution is 2.12. The second-order valence-corrected chi connectivity index (χ2v) is 6.28. The summed E-state index contributed by atoms with van der Waals surface area (Å²) >= 11 is 0. The smallest absolute Gasteiger partial charge is 0.326 e. The van der Waals surface area contributed by atoms with Crippen molar-refractivity contribution in [3.8, 4) is 0 Å². The normalized spacial score (nSPS) is 12.2. The Kier molecular flexibility index (Phi) is 5.73. The van der Waals surface area contributed by atoms with Crippen LogP contribution in [0.5, 0.6) is 0 Å². The monoisotopic (exact) mass is 329 g/mol. The van der Waals surface area contributed by atoms with E-state index in [1.807, 2.05) is 51.1 Å². The van der Waals surface area contributed by atoms with Crippen molar-refractivity contribution in [1.82, 2.24) is 15.1 Å². The molecule has 0 spiro atoms. The van der Waals surface area contributed by atoms with Crippen LogP contribution in [0.3, 0.4) is 0 Å². The van der Waals surface area contributed by atoms with E-state index in [1.54, 1.807) is 4.68 Å². The number of carboxylic acid groups (broad SMARTS) is 1. The minimum atomic E-state index is -1.02. The summed E-state index contributed by atoms with van der Waals surface area (Å²) in [6.45, 7) is 6.22. The number of nitrogens with one attached hydrogen (secondary N) is 1. The SMILES string of the molecule is Cc1c(C(=O)NC(CC(C)C)C(=O)O)cnn1Cc1ccccc1. The zero-order chi connectivity index (χ0) is 17.7. The van der Waals surface area contributed by atoms with Crippen LogP contribution >= 0.6 is 0 Å². The number of aliphatic carboxylic acids is 1. The van der Waals surface area contributed by atoms with Gasteiger partial charge in [0, 0.05) is 5.69 Å². The van der Waals surface area contributed by atoms with Gasteiger partial charge in [-0.25, -0.2) is 4.79 Å². The van der Waals surface area contributed by atoms with E-state index < -0.39 is 17.9 Å². The Bertz CT molecular complexity index is 708. The summed E-state index contributed by atoms with van der Waals surface area (Å²) in [4.78, 5) is 23.7. The molecule has 0 saturated heterocycles. The van der Waals surface area contributed by atoms with E-state index in [1.165, 1.54) is 6.20 Å². The summed E-state index contributed by atoms with van der Waals surface area (Å²) in [6, 6.07) is 8.93. The zero-order valence-corrected chi connectivity index (χ0v) is 14.2. The third kappa shape index (κ3) is 4.44. The molecule has 0 bridgehead atoms. The molecule has 1 unspecified atom stereocenters. The number of aromatic nitrogens is 2. The van der Waals surface area contributed by atoms with E-state index in [9.17, 15) is 14.7 Å². The number of benzene rings is 1.